The average molecular weight is 311 g/mol. The second-order valence-electron chi connectivity index (χ2n) is 5.94. The van der Waals surface area contributed by atoms with Gasteiger partial charge in [0.2, 0.25) is 0 Å². The zero-order chi connectivity index (χ0) is 15.7. The molecule has 2 rings (SSSR count). The van der Waals surface area contributed by atoms with E-state index in [2.05, 4.69) is 5.32 Å². The summed E-state index contributed by atoms with van der Waals surface area (Å²) in [6.45, 7) is 5.56. The predicted molar refractivity (Wildman–Crippen MR) is 81.2 cm³/mol. The maximum atomic E-state index is 12.0. The van der Waals surface area contributed by atoms with E-state index in [0.29, 0.717) is 12.2 Å². The Morgan fingerprint density at radius 3 is 2.71 bits per heavy atom. The van der Waals surface area contributed by atoms with Gasteiger partial charge in [0, 0.05) is 0 Å². The summed E-state index contributed by atoms with van der Waals surface area (Å²) in [5, 5.41) is 2.77. The fourth-order valence-electron chi connectivity index (χ4n) is 2.51. The first kappa shape index (κ1) is 15.8. The summed E-state index contributed by atoms with van der Waals surface area (Å²) in [5.41, 5.74) is 1.42. The molecular weight excluding hydrogens is 290 g/mol. The van der Waals surface area contributed by atoms with Crippen LogP contribution in [0.4, 0.5) is 0 Å². The van der Waals surface area contributed by atoms with Crippen LogP contribution in [-0.2, 0) is 14.6 Å². The van der Waals surface area contributed by atoms with Crippen molar-refractivity contribution in [1.82, 2.24) is 5.32 Å². The number of sulfone groups is 1. The van der Waals surface area contributed by atoms with Crippen LogP contribution < -0.4 is 10.1 Å². The van der Waals surface area contributed by atoms with Crippen LogP contribution in [0.5, 0.6) is 5.75 Å². The van der Waals surface area contributed by atoms with Crippen molar-refractivity contribution in [2.45, 2.75) is 32.7 Å². The lowest BCUT2D eigenvalue weighted by atomic mass is 10.0. The van der Waals surface area contributed by atoms with Crippen molar-refractivity contribution in [3.8, 4) is 5.75 Å². The number of hydrogen-bond donors (Lipinski definition) is 1. The van der Waals surface area contributed by atoms with Crippen LogP contribution in [0.15, 0.2) is 18.2 Å². The van der Waals surface area contributed by atoms with E-state index in [1.54, 1.807) is 6.92 Å². The second kappa shape index (κ2) is 5.67. The van der Waals surface area contributed by atoms with E-state index in [1.165, 1.54) is 0 Å². The fraction of sp³-hybridized carbons (Fsp3) is 0.533. The minimum Gasteiger partial charge on any atom is -0.483 e. The number of hydrogen-bond acceptors (Lipinski definition) is 4. The number of nitrogens with one attached hydrogen (secondary N) is 1. The lowest BCUT2D eigenvalue weighted by molar-refractivity contribution is -0.124. The molecule has 1 N–H and O–H groups in total. The van der Waals surface area contributed by atoms with Crippen LogP contribution >= 0.6 is 0 Å². The molecule has 0 saturated carbocycles. The van der Waals surface area contributed by atoms with E-state index in [1.807, 2.05) is 32.0 Å². The molecular formula is C15H21NO4S. The maximum absolute atomic E-state index is 12.0. The highest BCUT2D eigenvalue weighted by atomic mass is 32.2. The first-order valence-corrected chi connectivity index (χ1v) is 8.73. The zero-order valence-corrected chi connectivity index (χ0v) is 13.4. The summed E-state index contributed by atoms with van der Waals surface area (Å²) in [6.07, 6.45) is 0.449. The van der Waals surface area contributed by atoms with Crippen molar-refractivity contribution in [3.05, 3.63) is 29.3 Å². The minimum absolute atomic E-state index is 0.00475. The van der Waals surface area contributed by atoms with Crippen molar-refractivity contribution in [2.24, 2.45) is 0 Å². The van der Waals surface area contributed by atoms with Crippen LogP contribution in [0, 0.1) is 13.8 Å². The first-order valence-electron chi connectivity index (χ1n) is 6.91. The lowest BCUT2D eigenvalue weighted by Gasteiger charge is -2.24. The van der Waals surface area contributed by atoms with Gasteiger partial charge in [-0.1, -0.05) is 12.1 Å². The van der Waals surface area contributed by atoms with Crippen LogP contribution in [0.25, 0.3) is 0 Å². The molecule has 1 aliphatic rings. The molecule has 1 fully saturated rings. The lowest BCUT2D eigenvalue weighted by Crippen LogP contribution is -2.48. The molecule has 0 aliphatic carbocycles. The number of carbonyl (C=O) groups is 1. The second-order valence-corrected chi connectivity index (χ2v) is 8.12. The highest BCUT2D eigenvalue weighted by Crippen LogP contribution is 2.23. The topological polar surface area (TPSA) is 72.5 Å². The zero-order valence-electron chi connectivity index (χ0n) is 12.6. The largest absolute Gasteiger partial charge is 0.483 e. The summed E-state index contributed by atoms with van der Waals surface area (Å²) in [5.74, 6) is 0.501. The van der Waals surface area contributed by atoms with E-state index in [0.717, 1.165) is 11.1 Å². The smallest absolute Gasteiger partial charge is 0.258 e. The summed E-state index contributed by atoms with van der Waals surface area (Å²) in [7, 11) is -3.03. The van der Waals surface area contributed by atoms with Crippen LogP contribution in [0.1, 0.15) is 24.5 Å². The molecule has 0 bridgehead atoms. The van der Waals surface area contributed by atoms with Gasteiger partial charge in [-0.25, -0.2) is 8.42 Å². The number of carbonyl (C=O) groups excluding carboxylic acids is 1. The fourth-order valence-corrected chi connectivity index (χ4v) is 4.60. The monoisotopic (exact) mass is 311 g/mol. The van der Waals surface area contributed by atoms with Crippen molar-refractivity contribution >= 4 is 15.7 Å². The Bertz CT molecular complexity index is 654. The summed E-state index contributed by atoms with van der Waals surface area (Å²) < 4.78 is 28.5. The maximum Gasteiger partial charge on any atom is 0.258 e. The number of aryl methyl sites for hydroxylation is 1. The van der Waals surface area contributed by atoms with Crippen molar-refractivity contribution in [2.75, 3.05) is 18.1 Å². The van der Waals surface area contributed by atoms with Crippen LogP contribution in [0.3, 0.4) is 0 Å². The molecule has 0 radical (unpaired) electrons. The molecule has 21 heavy (non-hydrogen) atoms. The summed E-state index contributed by atoms with van der Waals surface area (Å²) >= 11 is 0. The van der Waals surface area contributed by atoms with Gasteiger partial charge in [-0.05, 0) is 44.4 Å². The molecule has 1 heterocycles. The Morgan fingerprint density at radius 2 is 2.10 bits per heavy atom. The van der Waals surface area contributed by atoms with Gasteiger partial charge in [0.15, 0.2) is 16.4 Å². The van der Waals surface area contributed by atoms with E-state index in [4.69, 9.17) is 4.74 Å². The Hall–Kier alpha value is -1.56. The molecule has 116 valence electrons. The van der Waals surface area contributed by atoms with Crippen LogP contribution in [0.2, 0.25) is 0 Å². The summed E-state index contributed by atoms with van der Waals surface area (Å²) in [4.78, 5) is 12.0. The van der Waals surface area contributed by atoms with Crippen molar-refractivity contribution in [3.63, 3.8) is 0 Å². The third-order valence-corrected chi connectivity index (χ3v) is 5.76. The van der Waals surface area contributed by atoms with Gasteiger partial charge in [-0.15, -0.1) is 0 Å². The van der Waals surface area contributed by atoms with E-state index in [-0.39, 0.29) is 24.0 Å². The van der Waals surface area contributed by atoms with Gasteiger partial charge in [0.25, 0.3) is 5.91 Å². The van der Waals surface area contributed by atoms with Gasteiger partial charge in [-0.3, -0.25) is 4.79 Å². The third-order valence-electron chi connectivity index (χ3n) is 3.86. The van der Waals surface area contributed by atoms with E-state index < -0.39 is 15.4 Å². The molecule has 1 amide bonds. The SMILES string of the molecule is Cc1cccc(OCC(=O)NC2(C)CCS(=O)(=O)C2)c1C. The van der Waals surface area contributed by atoms with Crippen molar-refractivity contribution in [1.29, 1.82) is 0 Å². The summed E-state index contributed by atoms with van der Waals surface area (Å²) in [6, 6.07) is 5.67. The van der Waals surface area contributed by atoms with Gasteiger partial charge in [-0.2, -0.15) is 0 Å². The van der Waals surface area contributed by atoms with Crippen molar-refractivity contribution < 1.29 is 17.9 Å². The molecule has 0 spiro atoms. The van der Waals surface area contributed by atoms with E-state index >= 15 is 0 Å². The number of rotatable bonds is 4. The molecule has 1 aromatic rings. The first-order chi connectivity index (χ1) is 9.71. The van der Waals surface area contributed by atoms with Gasteiger partial charge in [0.1, 0.15) is 5.75 Å². The number of ether oxygens (including phenoxy) is 1. The van der Waals surface area contributed by atoms with Gasteiger partial charge < -0.3 is 10.1 Å². The Labute approximate surface area is 125 Å². The quantitative estimate of drug-likeness (QED) is 0.911. The Kier molecular flexibility index (Phi) is 4.27. The molecule has 0 aromatic heterocycles. The van der Waals surface area contributed by atoms with E-state index in [9.17, 15) is 13.2 Å². The molecule has 1 atom stereocenters. The molecule has 6 heteroatoms. The number of amides is 1. The standard InChI is InChI=1S/C15H21NO4S/c1-11-5-4-6-13(12(11)2)20-9-14(17)16-15(3)7-8-21(18,19)10-15/h4-6H,7-10H2,1-3H3,(H,16,17). The average Bonchev–Trinajstić information content (AvgIpc) is 2.65. The predicted octanol–water partition coefficient (Wildman–Crippen LogP) is 1.38. The number of benzene rings is 1. The molecule has 1 saturated heterocycles. The van der Waals surface area contributed by atoms with Gasteiger partial charge >= 0.3 is 0 Å². The molecule has 1 unspecified atom stereocenters. The normalized spacial score (nSPS) is 23.8. The Morgan fingerprint density at radius 1 is 1.38 bits per heavy atom. The minimum atomic E-state index is -3.03. The van der Waals surface area contributed by atoms with Crippen LogP contribution in [-0.4, -0.2) is 38.0 Å². The highest BCUT2D eigenvalue weighted by Gasteiger charge is 2.39. The highest BCUT2D eigenvalue weighted by molar-refractivity contribution is 7.91. The molecule has 5 nitrogen and oxygen atoms in total. The molecule has 1 aliphatic heterocycles. The van der Waals surface area contributed by atoms with Gasteiger partial charge in [0.05, 0.1) is 17.0 Å². The Balaban J connectivity index is 1.93. The third kappa shape index (κ3) is 3.97. The molecule has 1 aromatic carbocycles.